The second-order valence-corrected chi connectivity index (χ2v) is 6.29. The quantitative estimate of drug-likeness (QED) is 0.390. The molecule has 1 aromatic heterocycles. The van der Waals surface area contributed by atoms with E-state index < -0.39 is 4.92 Å². The van der Waals surface area contributed by atoms with Crippen LogP contribution in [-0.2, 0) is 0 Å². The molecule has 7 heteroatoms. The lowest BCUT2D eigenvalue weighted by molar-refractivity contribution is -0.384. The third-order valence-corrected chi connectivity index (χ3v) is 4.49. The maximum absolute atomic E-state index is 13.2. The first kappa shape index (κ1) is 19.0. The number of carbonyl (C=O) groups excluding carboxylic acids is 2. The normalized spacial score (nSPS) is 10.5. The maximum Gasteiger partial charge on any atom is 0.269 e. The number of Topliss-reactive ketones (excluding diaryl/α,β-unsaturated/α-hetero) is 1. The number of benzene rings is 2. The van der Waals surface area contributed by atoms with Crippen molar-refractivity contribution < 1.29 is 19.2 Å². The van der Waals surface area contributed by atoms with E-state index in [1.165, 1.54) is 26.2 Å². The van der Waals surface area contributed by atoms with Crippen molar-refractivity contribution in [2.45, 2.75) is 13.8 Å². The Morgan fingerprint density at radius 3 is 2.11 bits per heavy atom. The van der Waals surface area contributed by atoms with Crippen molar-refractivity contribution in [1.82, 2.24) is 4.98 Å². The molecule has 0 atom stereocenters. The van der Waals surface area contributed by atoms with Gasteiger partial charge < -0.3 is 9.72 Å². The van der Waals surface area contributed by atoms with Gasteiger partial charge in [-0.15, -0.1) is 0 Å². The summed E-state index contributed by atoms with van der Waals surface area (Å²) in [5.41, 5.74) is 2.53. The van der Waals surface area contributed by atoms with Crippen molar-refractivity contribution in [1.29, 1.82) is 0 Å². The summed E-state index contributed by atoms with van der Waals surface area (Å²) in [5, 5.41) is 10.9. The summed E-state index contributed by atoms with van der Waals surface area (Å²) in [6.07, 6.45) is 0. The summed E-state index contributed by atoms with van der Waals surface area (Å²) in [5.74, 6) is 0.0634. The number of hydrogen-bond donors (Lipinski definition) is 1. The van der Waals surface area contributed by atoms with Crippen LogP contribution in [0.4, 0.5) is 5.69 Å². The second kappa shape index (κ2) is 7.48. The summed E-state index contributed by atoms with van der Waals surface area (Å²) >= 11 is 0. The Morgan fingerprint density at radius 1 is 1.00 bits per heavy atom. The number of rotatable bonds is 6. The number of ketones is 2. The number of non-ortho nitro benzene ring substituents is 1. The molecule has 28 heavy (non-hydrogen) atoms. The monoisotopic (exact) mass is 378 g/mol. The molecule has 0 amide bonds. The lowest BCUT2D eigenvalue weighted by atomic mass is 9.94. The number of nitro groups is 1. The molecule has 0 spiro atoms. The number of methoxy groups -OCH3 is 1. The third-order valence-electron chi connectivity index (χ3n) is 4.49. The van der Waals surface area contributed by atoms with E-state index in [1.54, 1.807) is 43.3 Å². The van der Waals surface area contributed by atoms with E-state index in [-0.39, 0.29) is 22.8 Å². The number of aryl methyl sites for hydroxylation is 1. The zero-order valence-corrected chi connectivity index (χ0v) is 15.6. The Bertz CT molecular complexity index is 1060. The summed E-state index contributed by atoms with van der Waals surface area (Å²) in [7, 11) is 1.53. The Balaban J connectivity index is 2.16. The highest BCUT2D eigenvalue weighted by Gasteiger charge is 2.26. The lowest BCUT2D eigenvalue weighted by Crippen LogP contribution is -2.08. The van der Waals surface area contributed by atoms with Crippen LogP contribution in [0.5, 0.6) is 5.75 Å². The lowest BCUT2D eigenvalue weighted by Gasteiger charge is -2.07. The van der Waals surface area contributed by atoms with E-state index in [2.05, 4.69) is 4.98 Å². The van der Waals surface area contributed by atoms with E-state index in [9.17, 15) is 19.7 Å². The largest absolute Gasteiger partial charge is 0.497 e. The van der Waals surface area contributed by atoms with Gasteiger partial charge in [-0.2, -0.15) is 0 Å². The predicted molar refractivity (Wildman–Crippen MR) is 104 cm³/mol. The third kappa shape index (κ3) is 3.42. The fourth-order valence-electron chi connectivity index (χ4n) is 3.15. The average Bonchev–Trinajstić information content (AvgIpc) is 3.05. The molecule has 0 bridgehead atoms. The molecule has 0 aliphatic heterocycles. The molecule has 2 aromatic carbocycles. The summed E-state index contributed by atoms with van der Waals surface area (Å²) in [6.45, 7) is 3.12. The smallest absolute Gasteiger partial charge is 0.269 e. The number of nitro benzene ring substituents is 1. The van der Waals surface area contributed by atoms with E-state index >= 15 is 0 Å². The molecule has 0 unspecified atom stereocenters. The molecule has 0 fully saturated rings. The molecular weight excluding hydrogens is 360 g/mol. The van der Waals surface area contributed by atoms with Crippen LogP contribution in [0.15, 0.2) is 48.5 Å². The zero-order valence-electron chi connectivity index (χ0n) is 15.6. The van der Waals surface area contributed by atoms with E-state index in [1.807, 2.05) is 0 Å². The van der Waals surface area contributed by atoms with Gasteiger partial charge in [-0.3, -0.25) is 19.7 Å². The Labute approximate surface area is 161 Å². The molecule has 142 valence electrons. The molecule has 0 aliphatic rings. The van der Waals surface area contributed by atoms with E-state index in [4.69, 9.17) is 4.74 Å². The number of H-pyrrole nitrogens is 1. The van der Waals surface area contributed by atoms with Crippen LogP contribution in [0.3, 0.4) is 0 Å². The SMILES string of the molecule is COc1ccc(C(=O)c2c(-c3ccc([N+](=O)[O-])cc3)[nH]c(C)c2C(C)=O)cc1. The number of carbonyl (C=O) groups is 2. The number of hydrogen-bond acceptors (Lipinski definition) is 5. The van der Waals surface area contributed by atoms with Gasteiger partial charge in [-0.25, -0.2) is 0 Å². The number of ether oxygens (including phenoxy) is 1. The molecule has 0 aliphatic carbocycles. The number of aromatic amines is 1. The van der Waals surface area contributed by atoms with Gasteiger partial charge in [-0.1, -0.05) is 0 Å². The van der Waals surface area contributed by atoms with E-state index in [0.29, 0.717) is 33.8 Å². The predicted octanol–water partition coefficient (Wildman–Crippen LogP) is 4.34. The zero-order chi connectivity index (χ0) is 20.4. The molecule has 0 saturated carbocycles. The Kier molecular flexibility index (Phi) is 5.08. The second-order valence-electron chi connectivity index (χ2n) is 6.29. The Hall–Kier alpha value is -3.74. The van der Waals surface area contributed by atoms with Gasteiger partial charge in [-0.05, 0) is 55.8 Å². The molecule has 0 saturated heterocycles. The minimum Gasteiger partial charge on any atom is -0.497 e. The molecular formula is C21H18N2O5. The van der Waals surface area contributed by atoms with Crippen LogP contribution in [-0.4, -0.2) is 28.6 Å². The van der Waals surface area contributed by atoms with Crippen LogP contribution in [0, 0.1) is 17.0 Å². The standard InChI is InChI=1S/C21H18N2O5/c1-12-18(13(2)24)19(21(25)15-6-10-17(28-3)11-7-15)20(22-12)14-4-8-16(9-5-14)23(26)27/h4-11,22H,1-3H3. The molecule has 7 nitrogen and oxygen atoms in total. The van der Waals surface area contributed by atoms with Crippen LogP contribution in [0.1, 0.15) is 38.9 Å². The van der Waals surface area contributed by atoms with Gasteiger partial charge in [0.15, 0.2) is 11.6 Å². The molecule has 1 heterocycles. The van der Waals surface area contributed by atoms with Crippen LogP contribution in [0.25, 0.3) is 11.3 Å². The number of nitrogens with zero attached hydrogens (tertiary/aromatic N) is 1. The summed E-state index contributed by atoms with van der Waals surface area (Å²) < 4.78 is 5.12. The van der Waals surface area contributed by atoms with E-state index in [0.717, 1.165) is 0 Å². The molecule has 3 aromatic rings. The number of aromatic nitrogens is 1. The highest BCUT2D eigenvalue weighted by molar-refractivity contribution is 6.19. The first-order valence-corrected chi connectivity index (χ1v) is 8.50. The molecule has 0 radical (unpaired) electrons. The van der Waals surface area contributed by atoms with Crippen molar-refractivity contribution in [3.63, 3.8) is 0 Å². The van der Waals surface area contributed by atoms with Crippen molar-refractivity contribution in [3.05, 3.63) is 81.0 Å². The van der Waals surface area contributed by atoms with Crippen molar-refractivity contribution in [2.75, 3.05) is 7.11 Å². The van der Waals surface area contributed by atoms with Gasteiger partial charge >= 0.3 is 0 Å². The van der Waals surface area contributed by atoms with Crippen molar-refractivity contribution in [2.24, 2.45) is 0 Å². The average molecular weight is 378 g/mol. The highest BCUT2D eigenvalue weighted by atomic mass is 16.6. The van der Waals surface area contributed by atoms with Crippen LogP contribution < -0.4 is 4.74 Å². The van der Waals surface area contributed by atoms with Gasteiger partial charge in [0.25, 0.3) is 5.69 Å². The molecule has 1 N–H and O–H groups in total. The summed E-state index contributed by atoms with van der Waals surface area (Å²) in [6, 6.07) is 12.4. The number of nitrogens with one attached hydrogen (secondary N) is 1. The van der Waals surface area contributed by atoms with Crippen molar-refractivity contribution in [3.8, 4) is 17.0 Å². The highest BCUT2D eigenvalue weighted by Crippen LogP contribution is 2.32. The first-order chi connectivity index (χ1) is 13.3. The molecule has 3 rings (SSSR count). The first-order valence-electron chi connectivity index (χ1n) is 8.50. The minimum atomic E-state index is -0.492. The Morgan fingerprint density at radius 2 is 1.61 bits per heavy atom. The van der Waals surface area contributed by atoms with Gasteiger partial charge in [0.1, 0.15) is 5.75 Å². The maximum atomic E-state index is 13.2. The van der Waals surface area contributed by atoms with Crippen molar-refractivity contribution >= 4 is 17.3 Å². The van der Waals surface area contributed by atoms with Gasteiger partial charge in [0, 0.05) is 29.0 Å². The van der Waals surface area contributed by atoms with Gasteiger partial charge in [0.2, 0.25) is 0 Å². The topological polar surface area (TPSA) is 102 Å². The minimum absolute atomic E-state index is 0.0538. The van der Waals surface area contributed by atoms with Crippen LogP contribution >= 0.6 is 0 Å². The fraction of sp³-hybridized carbons (Fsp3) is 0.143. The van der Waals surface area contributed by atoms with Crippen LogP contribution in [0.2, 0.25) is 0 Å². The summed E-state index contributed by atoms with van der Waals surface area (Å²) in [4.78, 5) is 39.0. The van der Waals surface area contributed by atoms with Gasteiger partial charge in [0.05, 0.1) is 23.3 Å². The fourth-order valence-corrected chi connectivity index (χ4v) is 3.15.